The molecule has 2 N–H and O–H groups in total. The van der Waals surface area contributed by atoms with Crippen LogP contribution in [0.25, 0.3) is 0 Å². The van der Waals surface area contributed by atoms with Gasteiger partial charge in [-0.1, -0.05) is 24.3 Å². The predicted molar refractivity (Wildman–Crippen MR) is 86.5 cm³/mol. The Kier molecular flexibility index (Phi) is 6.20. The number of nitrogens with zero attached hydrogens (tertiary/aromatic N) is 3. The second-order valence-electron chi connectivity index (χ2n) is 6.04. The third kappa shape index (κ3) is 5.41. The SMILES string of the molecule is CN(C)CCN1CCN(Cc2ccc(B(O)O)cc2)CC1. The molecule has 1 aromatic carbocycles. The first kappa shape index (κ1) is 16.5. The lowest BCUT2D eigenvalue weighted by atomic mass is 9.80. The number of hydrogen-bond donors (Lipinski definition) is 2. The van der Waals surface area contributed by atoms with E-state index in [-0.39, 0.29) is 0 Å². The van der Waals surface area contributed by atoms with Crippen molar-refractivity contribution in [1.29, 1.82) is 0 Å². The van der Waals surface area contributed by atoms with Crippen molar-refractivity contribution in [2.45, 2.75) is 6.54 Å². The van der Waals surface area contributed by atoms with Gasteiger partial charge in [0.1, 0.15) is 0 Å². The third-order valence-electron chi connectivity index (χ3n) is 4.01. The summed E-state index contributed by atoms with van der Waals surface area (Å²) < 4.78 is 0. The first-order valence-electron chi connectivity index (χ1n) is 7.59. The second kappa shape index (κ2) is 7.91. The molecule has 1 saturated heterocycles. The minimum atomic E-state index is -1.38. The molecule has 2 rings (SSSR count). The van der Waals surface area contributed by atoms with Crippen molar-refractivity contribution in [1.82, 2.24) is 14.7 Å². The van der Waals surface area contributed by atoms with Gasteiger partial charge in [-0.3, -0.25) is 9.80 Å². The number of rotatable bonds is 6. The highest BCUT2D eigenvalue weighted by molar-refractivity contribution is 6.58. The Labute approximate surface area is 127 Å². The zero-order valence-electron chi connectivity index (χ0n) is 13.1. The second-order valence-corrected chi connectivity index (χ2v) is 6.04. The van der Waals surface area contributed by atoms with Gasteiger partial charge in [0.05, 0.1) is 0 Å². The van der Waals surface area contributed by atoms with Crippen LogP contribution in [0.15, 0.2) is 24.3 Å². The van der Waals surface area contributed by atoms with E-state index in [9.17, 15) is 0 Å². The van der Waals surface area contributed by atoms with Gasteiger partial charge >= 0.3 is 7.12 Å². The highest BCUT2D eigenvalue weighted by Gasteiger charge is 2.17. The molecule has 0 spiro atoms. The predicted octanol–water partition coefficient (Wildman–Crippen LogP) is -0.954. The van der Waals surface area contributed by atoms with Gasteiger partial charge in [0.2, 0.25) is 0 Å². The van der Waals surface area contributed by atoms with Gasteiger partial charge in [0, 0.05) is 45.8 Å². The lowest BCUT2D eigenvalue weighted by Gasteiger charge is -2.35. The highest BCUT2D eigenvalue weighted by atomic mass is 16.4. The molecule has 1 heterocycles. The van der Waals surface area contributed by atoms with Crippen molar-refractivity contribution in [2.75, 3.05) is 53.4 Å². The summed E-state index contributed by atoms with van der Waals surface area (Å²) in [6.45, 7) is 7.64. The first-order chi connectivity index (χ1) is 10.0. The Morgan fingerprint density at radius 2 is 1.57 bits per heavy atom. The Bertz CT molecular complexity index is 417. The van der Waals surface area contributed by atoms with E-state index in [4.69, 9.17) is 10.0 Å². The van der Waals surface area contributed by atoms with Crippen molar-refractivity contribution in [2.24, 2.45) is 0 Å². The molecule has 0 saturated carbocycles. The maximum Gasteiger partial charge on any atom is 0.488 e. The highest BCUT2D eigenvalue weighted by Crippen LogP contribution is 2.08. The van der Waals surface area contributed by atoms with Crippen LogP contribution in [0.1, 0.15) is 5.56 Å². The molecule has 0 aliphatic carbocycles. The molecular formula is C15H26BN3O2. The van der Waals surface area contributed by atoms with Gasteiger partial charge in [-0.2, -0.15) is 0 Å². The average molecular weight is 291 g/mol. The smallest absolute Gasteiger partial charge is 0.423 e. The summed E-state index contributed by atoms with van der Waals surface area (Å²) in [4.78, 5) is 7.20. The zero-order chi connectivity index (χ0) is 15.2. The zero-order valence-corrected chi connectivity index (χ0v) is 13.1. The van der Waals surface area contributed by atoms with Crippen LogP contribution in [-0.2, 0) is 6.54 Å². The van der Waals surface area contributed by atoms with Gasteiger partial charge in [0.25, 0.3) is 0 Å². The Morgan fingerprint density at radius 3 is 2.10 bits per heavy atom. The monoisotopic (exact) mass is 291 g/mol. The summed E-state index contributed by atoms with van der Waals surface area (Å²) in [7, 11) is 2.85. The Hall–Kier alpha value is -0.915. The van der Waals surface area contributed by atoms with Crippen molar-refractivity contribution in [3.05, 3.63) is 29.8 Å². The summed E-state index contributed by atoms with van der Waals surface area (Å²) in [5, 5.41) is 18.2. The van der Waals surface area contributed by atoms with Crippen molar-refractivity contribution >= 4 is 12.6 Å². The summed E-state index contributed by atoms with van der Waals surface area (Å²) in [6, 6.07) is 7.53. The normalized spacial score (nSPS) is 17.4. The molecular weight excluding hydrogens is 265 g/mol. The van der Waals surface area contributed by atoms with Gasteiger partial charge < -0.3 is 14.9 Å². The summed E-state index contributed by atoms with van der Waals surface area (Å²) >= 11 is 0. The lowest BCUT2D eigenvalue weighted by molar-refractivity contribution is 0.120. The molecule has 0 unspecified atom stereocenters. The van der Waals surface area contributed by atoms with Gasteiger partial charge in [-0.15, -0.1) is 0 Å². The number of piperazine rings is 1. The van der Waals surface area contributed by atoms with E-state index >= 15 is 0 Å². The van der Waals surface area contributed by atoms with E-state index in [1.807, 2.05) is 12.1 Å². The van der Waals surface area contributed by atoms with Crippen molar-refractivity contribution < 1.29 is 10.0 Å². The maximum atomic E-state index is 9.09. The quantitative estimate of drug-likeness (QED) is 0.662. The Balaban J connectivity index is 1.75. The van der Waals surface area contributed by atoms with Crippen LogP contribution < -0.4 is 5.46 Å². The van der Waals surface area contributed by atoms with E-state index in [0.717, 1.165) is 45.8 Å². The molecule has 6 heteroatoms. The number of hydrogen-bond acceptors (Lipinski definition) is 5. The molecule has 0 radical (unpaired) electrons. The van der Waals surface area contributed by atoms with Gasteiger partial charge in [-0.05, 0) is 25.1 Å². The fraction of sp³-hybridized carbons (Fsp3) is 0.600. The van der Waals surface area contributed by atoms with Crippen LogP contribution in [0.3, 0.4) is 0 Å². The van der Waals surface area contributed by atoms with Gasteiger partial charge in [-0.25, -0.2) is 0 Å². The van der Waals surface area contributed by atoms with Crippen LogP contribution >= 0.6 is 0 Å². The van der Waals surface area contributed by atoms with Crippen molar-refractivity contribution in [3.8, 4) is 0 Å². The largest absolute Gasteiger partial charge is 0.488 e. The number of benzene rings is 1. The maximum absolute atomic E-state index is 9.09. The van der Waals surface area contributed by atoms with Crippen LogP contribution in [0.4, 0.5) is 0 Å². The third-order valence-corrected chi connectivity index (χ3v) is 4.01. The molecule has 0 amide bonds. The first-order valence-corrected chi connectivity index (χ1v) is 7.59. The van der Waals surface area contributed by atoms with Crippen LogP contribution in [0, 0.1) is 0 Å². The van der Waals surface area contributed by atoms with E-state index in [1.165, 1.54) is 5.56 Å². The topological polar surface area (TPSA) is 50.2 Å². The summed E-state index contributed by atoms with van der Waals surface area (Å²) in [6.07, 6.45) is 0. The molecule has 0 atom stereocenters. The van der Waals surface area contributed by atoms with E-state index < -0.39 is 7.12 Å². The van der Waals surface area contributed by atoms with Crippen LogP contribution in [-0.4, -0.2) is 85.2 Å². The van der Waals surface area contributed by atoms with Crippen LogP contribution in [0.5, 0.6) is 0 Å². The van der Waals surface area contributed by atoms with E-state index in [2.05, 4.69) is 28.8 Å². The molecule has 0 aromatic heterocycles. The van der Waals surface area contributed by atoms with Gasteiger partial charge in [0.15, 0.2) is 0 Å². The molecule has 1 fully saturated rings. The summed E-state index contributed by atoms with van der Waals surface area (Å²) in [5.74, 6) is 0. The van der Waals surface area contributed by atoms with Crippen molar-refractivity contribution in [3.63, 3.8) is 0 Å². The molecule has 1 aromatic rings. The molecule has 5 nitrogen and oxygen atoms in total. The fourth-order valence-electron chi connectivity index (χ4n) is 2.57. The van der Waals surface area contributed by atoms with Crippen LogP contribution in [0.2, 0.25) is 0 Å². The van der Waals surface area contributed by atoms with E-state index in [0.29, 0.717) is 5.46 Å². The standard InChI is InChI=1S/C15H26BN3O2/c1-17(2)7-8-18-9-11-19(12-10-18)13-14-3-5-15(6-4-14)16(20)21/h3-6,20-21H,7-13H2,1-2H3. The number of likely N-dealkylation sites (N-methyl/N-ethyl adjacent to an activating group) is 1. The minimum Gasteiger partial charge on any atom is -0.423 e. The molecule has 1 aliphatic heterocycles. The van der Waals surface area contributed by atoms with E-state index in [1.54, 1.807) is 12.1 Å². The molecule has 1 aliphatic rings. The minimum absolute atomic E-state index is 0.548. The molecule has 116 valence electrons. The average Bonchev–Trinajstić information content (AvgIpc) is 2.47. The summed E-state index contributed by atoms with van der Waals surface area (Å²) in [5.41, 5.74) is 1.77. The lowest BCUT2D eigenvalue weighted by Crippen LogP contribution is -2.47. The Morgan fingerprint density at radius 1 is 1.00 bits per heavy atom. The molecule has 0 bridgehead atoms. The molecule has 21 heavy (non-hydrogen) atoms. The fourth-order valence-corrected chi connectivity index (χ4v) is 2.57.